The summed E-state index contributed by atoms with van der Waals surface area (Å²) < 4.78 is 1.13. The highest BCUT2D eigenvalue weighted by molar-refractivity contribution is 9.10. The van der Waals surface area contributed by atoms with E-state index in [1.54, 1.807) is 0 Å². The average molecular weight is 333 g/mol. The molecule has 0 saturated carbocycles. The zero-order valence-corrected chi connectivity index (χ0v) is 13.9. The molecule has 0 saturated heterocycles. The molecule has 2 aromatic carbocycles. The zero-order chi connectivity index (χ0) is 14.5. The van der Waals surface area contributed by atoms with Gasteiger partial charge in [-0.25, -0.2) is 0 Å². The number of anilines is 1. The maximum Gasteiger partial charge on any atom is 0.0426 e. The van der Waals surface area contributed by atoms with Gasteiger partial charge in [0.05, 0.1) is 0 Å². The van der Waals surface area contributed by atoms with Crippen molar-refractivity contribution in [2.24, 2.45) is 0 Å². The molecular formula is C17H21BrN2. The van der Waals surface area contributed by atoms with Crippen molar-refractivity contribution in [3.63, 3.8) is 0 Å². The second kappa shape index (κ2) is 6.91. The van der Waals surface area contributed by atoms with Gasteiger partial charge in [0.15, 0.2) is 0 Å². The molecule has 0 spiro atoms. The summed E-state index contributed by atoms with van der Waals surface area (Å²) in [6.07, 6.45) is 0. The number of rotatable bonds is 5. The van der Waals surface area contributed by atoms with Crippen molar-refractivity contribution in [2.75, 3.05) is 19.0 Å². The molecule has 3 heteroatoms. The molecule has 2 rings (SSSR count). The predicted octanol–water partition coefficient (Wildman–Crippen LogP) is 4.11. The Labute approximate surface area is 129 Å². The van der Waals surface area contributed by atoms with Crippen molar-refractivity contribution in [1.82, 2.24) is 5.32 Å². The van der Waals surface area contributed by atoms with E-state index < -0.39 is 0 Å². The van der Waals surface area contributed by atoms with Crippen LogP contribution in [0.4, 0.5) is 5.69 Å². The molecule has 0 atom stereocenters. The molecule has 2 aromatic rings. The number of nitrogens with zero attached hydrogens (tertiary/aromatic N) is 1. The number of hydrogen-bond donors (Lipinski definition) is 1. The Morgan fingerprint density at radius 3 is 2.65 bits per heavy atom. The van der Waals surface area contributed by atoms with Gasteiger partial charge in [-0.2, -0.15) is 0 Å². The van der Waals surface area contributed by atoms with Gasteiger partial charge in [-0.15, -0.1) is 0 Å². The van der Waals surface area contributed by atoms with E-state index in [1.165, 1.54) is 22.4 Å². The van der Waals surface area contributed by atoms with Crippen molar-refractivity contribution >= 4 is 21.6 Å². The second-order valence-corrected chi connectivity index (χ2v) is 6.06. The third-order valence-corrected chi connectivity index (χ3v) is 3.82. The van der Waals surface area contributed by atoms with Crippen LogP contribution in [0.5, 0.6) is 0 Å². The van der Waals surface area contributed by atoms with Crippen LogP contribution >= 0.6 is 15.9 Å². The van der Waals surface area contributed by atoms with Gasteiger partial charge in [-0.1, -0.05) is 45.8 Å². The molecular weight excluding hydrogens is 312 g/mol. The molecule has 0 aliphatic carbocycles. The molecule has 1 N–H and O–H groups in total. The highest BCUT2D eigenvalue weighted by Crippen LogP contribution is 2.23. The van der Waals surface area contributed by atoms with Crippen molar-refractivity contribution in [2.45, 2.75) is 20.0 Å². The van der Waals surface area contributed by atoms with Crippen molar-refractivity contribution in [3.05, 3.63) is 63.6 Å². The fourth-order valence-corrected chi connectivity index (χ4v) is 2.86. The fourth-order valence-electron chi connectivity index (χ4n) is 2.41. The Morgan fingerprint density at radius 1 is 1.15 bits per heavy atom. The number of nitrogens with one attached hydrogen (secondary N) is 1. The second-order valence-electron chi connectivity index (χ2n) is 5.15. The monoisotopic (exact) mass is 332 g/mol. The topological polar surface area (TPSA) is 15.3 Å². The molecule has 2 nitrogen and oxygen atoms in total. The fraction of sp³-hybridized carbons (Fsp3) is 0.294. The summed E-state index contributed by atoms with van der Waals surface area (Å²) in [5.41, 5.74) is 5.22. The van der Waals surface area contributed by atoms with E-state index in [0.717, 1.165) is 17.6 Å². The number of benzene rings is 2. The zero-order valence-electron chi connectivity index (χ0n) is 12.3. The van der Waals surface area contributed by atoms with Gasteiger partial charge in [-0.05, 0) is 43.3 Å². The summed E-state index contributed by atoms with van der Waals surface area (Å²) in [7, 11) is 4.13. The van der Waals surface area contributed by atoms with Gasteiger partial charge < -0.3 is 10.2 Å². The quantitative estimate of drug-likeness (QED) is 0.886. The van der Waals surface area contributed by atoms with Crippen molar-refractivity contribution in [3.8, 4) is 0 Å². The lowest BCUT2D eigenvalue weighted by Gasteiger charge is -2.23. The summed E-state index contributed by atoms with van der Waals surface area (Å²) >= 11 is 3.53. The molecule has 0 unspecified atom stereocenters. The van der Waals surface area contributed by atoms with Crippen LogP contribution in [0.1, 0.15) is 16.7 Å². The Bertz CT molecular complexity index is 581. The molecule has 0 aliphatic rings. The lowest BCUT2D eigenvalue weighted by molar-refractivity contribution is 0.804. The number of halogens is 1. The van der Waals surface area contributed by atoms with Gasteiger partial charge >= 0.3 is 0 Å². The first-order valence-corrected chi connectivity index (χ1v) is 7.59. The van der Waals surface area contributed by atoms with Gasteiger partial charge in [-0.3, -0.25) is 0 Å². The van der Waals surface area contributed by atoms with Crippen LogP contribution in [-0.4, -0.2) is 14.1 Å². The summed E-state index contributed by atoms with van der Waals surface area (Å²) in [5, 5.41) is 3.25. The minimum Gasteiger partial charge on any atom is -0.370 e. The maximum absolute atomic E-state index is 3.53. The first-order chi connectivity index (χ1) is 9.60. The Hall–Kier alpha value is -1.32. The molecule has 0 bridgehead atoms. The summed E-state index contributed by atoms with van der Waals surface area (Å²) in [5.74, 6) is 0. The Kier molecular flexibility index (Phi) is 5.21. The van der Waals surface area contributed by atoms with Gasteiger partial charge in [0.25, 0.3) is 0 Å². The standard InChI is InChI=1S/C17H21BrN2/c1-13-7-8-17(15(9-13)11-19-2)20(3)12-14-5-4-6-16(18)10-14/h4-10,19H,11-12H2,1-3H3. The minimum atomic E-state index is 0.889. The van der Waals surface area contributed by atoms with Gasteiger partial charge in [0.1, 0.15) is 0 Å². The minimum absolute atomic E-state index is 0.889. The smallest absolute Gasteiger partial charge is 0.0426 e. The van der Waals surface area contributed by atoms with Crippen LogP contribution in [0.2, 0.25) is 0 Å². The van der Waals surface area contributed by atoms with E-state index in [9.17, 15) is 0 Å². The molecule has 0 aromatic heterocycles. The molecule has 0 radical (unpaired) electrons. The highest BCUT2D eigenvalue weighted by atomic mass is 79.9. The van der Waals surface area contributed by atoms with Crippen LogP contribution < -0.4 is 10.2 Å². The number of hydrogen-bond acceptors (Lipinski definition) is 2. The van der Waals surface area contributed by atoms with E-state index in [1.807, 2.05) is 7.05 Å². The first-order valence-electron chi connectivity index (χ1n) is 6.80. The van der Waals surface area contributed by atoms with Gasteiger partial charge in [0, 0.05) is 30.3 Å². The van der Waals surface area contributed by atoms with Crippen LogP contribution in [0.3, 0.4) is 0 Å². The normalized spacial score (nSPS) is 10.6. The third-order valence-electron chi connectivity index (χ3n) is 3.32. The van der Waals surface area contributed by atoms with Crippen LogP contribution in [0.15, 0.2) is 46.9 Å². The van der Waals surface area contributed by atoms with Crippen molar-refractivity contribution in [1.29, 1.82) is 0 Å². The molecule has 0 fully saturated rings. The van der Waals surface area contributed by atoms with Crippen LogP contribution in [-0.2, 0) is 13.1 Å². The predicted molar refractivity (Wildman–Crippen MR) is 90.2 cm³/mol. The van der Waals surface area contributed by atoms with Gasteiger partial charge in [0.2, 0.25) is 0 Å². The lowest BCUT2D eigenvalue weighted by atomic mass is 10.1. The summed E-state index contributed by atoms with van der Waals surface area (Å²) in [4.78, 5) is 2.30. The summed E-state index contributed by atoms with van der Waals surface area (Å²) in [6.45, 7) is 3.93. The average Bonchev–Trinajstić information content (AvgIpc) is 2.39. The lowest BCUT2D eigenvalue weighted by Crippen LogP contribution is -2.19. The van der Waals surface area contributed by atoms with E-state index in [2.05, 4.69) is 82.6 Å². The molecule has 20 heavy (non-hydrogen) atoms. The molecule has 0 aliphatic heterocycles. The van der Waals surface area contributed by atoms with Crippen molar-refractivity contribution < 1.29 is 0 Å². The maximum atomic E-state index is 3.53. The first kappa shape index (κ1) is 15.1. The van der Waals surface area contributed by atoms with Crippen LogP contribution in [0.25, 0.3) is 0 Å². The largest absolute Gasteiger partial charge is 0.370 e. The SMILES string of the molecule is CNCc1cc(C)ccc1N(C)Cc1cccc(Br)c1. The van der Waals surface area contributed by atoms with E-state index in [4.69, 9.17) is 0 Å². The summed E-state index contributed by atoms with van der Waals surface area (Å²) in [6, 6.07) is 15.1. The Balaban J connectivity index is 2.22. The molecule has 106 valence electrons. The van der Waals surface area contributed by atoms with E-state index in [-0.39, 0.29) is 0 Å². The highest BCUT2D eigenvalue weighted by Gasteiger charge is 2.08. The Morgan fingerprint density at radius 2 is 1.95 bits per heavy atom. The van der Waals surface area contributed by atoms with Crippen LogP contribution in [0, 0.1) is 6.92 Å². The third kappa shape index (κ3) is 3.84. The molecule has 0 amide bonds. The van der Waals surface area contributed by atoms with E-state index >= 15 is 0 Å². The van der Waals surface area contributed by atoms with E-state index in [0.29, 0.717) is 0 Å². The number of aryl methyl sites for hydroxylation is 1. The molecule has 0 heterocycles.